The zero-order valence-corrected chi connectivity index (χ0v) is 17.6. The largest absolute Gasteiger partial charge is 0.504 e. The first-order valence-corrected chi connectivity index (χ1v) is 10.2. The van der Waals surface area contributed by atoms with Crippen molar-refractivity contribution in [3.8, 4) is 28.4 Å². The van der Waals surface area contributed by atoms with Crippen LogP contribution in [0.1, 0.15) is 43.6 Å². The molecule has 0 spiro atoms. The molecule has 0 radical (unpaired) electrons. The maximum Gasteiger partial charge on any atom is 0.172 e. The molecule has 0 bridgehead atoms. The molecule has 0 saturated carbocycles. The third-order valence-corrected chi connectivity index (χ3v) is 5.86. The van der Waals surface area contributed by atoms with Crippen LogP contribution in [0.25, 0.3) is 16.7 Å². The van der Waals surface area contributed by atoms with Gasteiger partial charge < -0.3 is 19.9 Å². The molecule has 3 aromatic rings. The van der Waals surface area contributed by atoms with Crippen molar-refractivity contribution in [3.63, 3.8) is 0 Å². The van der Waals surface area contributed by atoms with Gasteiger partial charge in [0.1, 0.15) is 5.75 Å². The number of hydrogen-bond acceptors (Lipinski definition) is 4. The van der Waals surface area contributed by atoms with E-state index in [-0.39, 0.29) is 17.4 Å². The zero-order valence-electron chi connectivity index (χ0n) is 17.6. The number of anilines is 1. The van der Waals surface area contributed by atoms with Crippen LogP contribution in [0, 0.1) is 0 Å². The van der Waals surface area contributed by atoms with Gasteiger partial charge in [-0.2, -0.15) is 0 Å². The number of hydrogen-bond donors (Lipinski definition) is 2. The summed E-state index contributed by atoms with van der Waals surface area (Å²) in [6.07, 6.45) is 2.00. The molecular formula is C26H25NO3. The number of nitrogens with one attached hydrogen (secondary N) is 1. The molecule has 0 saturated heterocycles. The molecule has 30 heavy (non-hydrogen) atoms. The van der Waals surface area contributed by atoms with E-state index in [1.165, 1.54) is 5.57 Å². The lowest BCUT2D eigenvalue weighted by Gasteiger charge is -2.37. The summed E-state index contributed by atoms with van der Waals surface area (Å²) in [5, 5.41) is 14.1. The van der Waals surface area contributed by atoms with Gasteiger partial charge >= 0.3 is 0 Å². The average molecular weight is 399 g/mol. The Labute approximate surface area is 176 Å². The van der Waals surface area contributed by atoms with Crippen molar-refractivity contribution in [1.29, 1.82) is 0 Å². The van der Waals surface area contributed by atoms with Crippen LogP contribution in [0.4, 0.5) is 5.69 Å². The van der Waals surface area contributed by atoms with Crippen LogP contribution < -0.4 is 14.8 Å². The molecule has 2 N–H and O–H groups in total. The standard InChI is InChI=1S/C26H25NO3/c1-15-14-26(2,3)27-18-11-10-17-22-20(13-12-19(28)25(22)29-4)30-24(23(17)21(15)18)16-8-6-5-7-9-16/h5-14,24,27-28H,1-4H3. The topological polar surface area (TPSA) is 50.7 Å². The monoisotopic (exact) mass is 399 g/mol. The van der Waals surface area contributed by atoms with Gasteiger partial charge in [0.05, 0.1) is 18.2 Å². The van der Waals surface area contributed by atoms with E-state index in [0.29, 0.717) is 11.5 Å². The summed E-state index contributed by atoms with van der Waals surface area (Å²) in [4.78, 5) is 0. The first kappa shape index (κ1) is 18.6. The maximum absolute atomic E-state index is 10.4. The quantitative estimate of drug-likeness (QED) is 0.542. The molecule has 3 aromatic carbocycles. The molecule has 2 heterocycles. The minimum atomic E-state index is -0.260. The SMILES string of the molecule is COc1c(O)ccc2c1-c1ccc3c(c1C(c1ccccc1)O2)C(C)=CC(C)(C)N3. The highest BCUT2D eigenvalue weighted by molar-refractivity contribution is 5.92. The number of aromatic hydroxyl groups is 1. The van der Waals surface area contributed by atoms with Gasteiger partial charge in [0, 0.05) is 16.8 Å². The molecule has 4 nitrogen and oxygen atoms in total. The van der Waals surface area contributed by atoms with Crippen molar-refractivity contribution in [2.75, 3.05) is 12.4 Å². The Hall–Kier alpha value is -3.40. The van der Waals surface area contributed by atoms with Gasteiger partial charge in [-0.1, -0.05) is 42.5 Å². The summed E-state index contributed by atoms with van der Waals surface area (Å²) >= 11 is 0. The molecular weight excluding hydrogens is 374 g/mol. The molecule has 1 unspecified atom stereocenters. The van der Waals surface area contributed by atoms with Crippen molar-refractivity contribution >= 4 is 11.3 Å². The number of fused-ring (bicyclic) bond motifs is 5. The number of allylic oxidation sites excluding steroid dienone is 1. The minimum absolute atomic E-state index is 0.105. The normalized spacial score (nSPS) is 18.1. The highest BCUT2D eigenvalue weighted by Gasteiger charge is 2.36. The molecule has 2 aliphatic rings. The highest BCUT2D eigenvalue weighted by atomic mass is 16.5. The van der Waals surface area contributed by atoms with E-state index < -0.39 is 0 Å². The second kappa shape index (κ2) is 6.56. The third kappa shape index (κ3) is 2.75. The van der Waals surface area contributed by atoms with Gasteiger partial charge in [-0.25, -0.2) is 0 Å². The van der Waals surface area contributed by atoms with Crippen LogP contribution in [0.3, 0.4) is 0 Å². The van der Waals surface area contributed by atoms with Crippen LogP contribution in [-0.2, 0) is 0 Å². The van der Waals surface area contributed by atoms with E-state index in [4.69, 9.17) is 9.47 Å². The van der Waals surface area contributed by atoms with E-state index in [1.54, 1.807) is 13.2 Å². The van der Waals surface area contributed by atoms with Crippen LogP contribution in [-0.4, -0.2) is 17.8 Å². The Balaban J connectivity index is 1.85. The van der Waals surface area contributed by atoms with Crippen LogP contribution in [0.5, 0.6) is 17.2 Å². The second-order valence-corrected chi connectivity index (χ2v) is 8.52. The van der Waals surface area contributed by atoms with Crippen molar-refractivity contribution in [2.24, 2.45) is 0 Å². The van der Waals surface area contributed by atoms with E-state index in [1.807, 2.05) is 24.3 Å². The van der Waals surface area contributed by atoms with Crippen LogP contribution >= 0.6 is 0 Å². The molecule has 5 rings (SSSR count). The van der Waals surface area contributed by atoms with Crippen molar-refractivity contribution in [3.05, 3.63) is 77.4 Å². The predicted octanol–water partition coefficient (Wildman–Crippen LogP) is 6.16. The average Bonchev–Trinajstić information content (AvgIpc) is 2.72. The Morgan fingerprint density at radius 3 is 2.50 bits per heavy atom. The molecule has 152 valence electrons. The van der Waals surface area contributed by atoms with Gasteiger partial charge in [-0.15, -0.1) is 0 Å². The lowest BCUT2D eigenvalue weighted by molar-refractivity contribution is 0.241. The number of phenols is 1. The molecule has 0 amide bonds. The predicted molar refractivity (Wildman–Crippen MR) is 120 cm³/mol. The maximum atomic E-state index is 10.4. The summed E-state index contributed by atoms with van der Waals surface area (Å²) < 4.78 is 12.1. The smallest absolute Gasteiger partial charge is 0.172 e. The fourth-order valence-corrected chi connectivity index (χ4v) is 4.80. The summed E-state index contributed by atoms with van der Waals surface area (Å²) in [5.41, 5.74) is 7.30. The van der Waals surface area contributed by atoms with Crippen LogP contribution in [0.15, 0.2) is 60.7 Å². The van der Waals surface area contributed by atoms with Gasteiger partial charge in [0.25, 0.3) is 0 Å². The Kier molecular flexibility index (Phi) is 4.07. The fraction of sp³-hybridized carbons (Fsp3) is 0.231. The van der Waals surface area contributed by atoms with E-state index in [0.717, 1.165) is 33.5 Å². The van der Waals surface area contributed by atoms with Gasteiger partial charge in [-0.05, 0) is 55.7 Å². The number of phenolic OH excluding ortho intramolecular Hbond substituents is 1. The van der Waals surface area contributed by atoms with Gasteiger partial charge in [-0.3, -0.25) is 0 Å². The lowest BCUT2D eigenvalue weighted by atomic mass is 9.80. The van der Waals surface area contributed by atoms with Crippen LogP contribution in [0.2, 0.25) is 0 Å². The first-order valence-electron chi connectivity index (χ1n) is 10.2. The summed E-state index contributed by atoms with van der Waals surface area (Å²) in [7, 11) is 1.58. The Morgan fingerprint density at radius 1 is 1.00 bits per heavy atom. The first-order chi connectivity index (χ1) is 14.4. The second-order valence-electron chi connectivity index (χ2n) is 8.52. The molecule has 0 aliphatic carbocycles. The Bertz CT molecular complexity index is 1180. The number of benzene rings is 3. The van der Waals surface area contributed by atoms with E-state index in [9.17, 15) is 5.11 Å². The fourth-order valence-electron chi connectivity index (χ4n) is 4.80. The van der Waals surface area contributed by atoms with Crippen molar-refractivity contribution in [2.45, 2.75) is 32.4 Å². The summed E-state index contributed by atoms with van der Waals surface area (Å²) in [6.45, 7) is 6.49. The molecule has 4 heteroatoms. The number of methoxy groups -OCH3 is 1. The van der Waals surface area contributed by atoms with Gasteiger partial charge in [0.2, 0.25) is 0 Å². The summed E-state index contributed by atoms with van der Waals surface area (Å²) in [5.74, 6) is 1.25. The van der Waals surface area contributed by atoms with E-state index >= 15 is 0 Å². The van der Waals surface area contributed by atoms with E-state index in [2.05, 4.69) is 56.4 Å². The number of ether oxygens (including phenoxy) is 2. The van der Waals surface area contributed by atoms with Crippen molar-refractivity contribution < 1.29 is 14.6 Å². The zero-order chi connectivity index (χ0) is 21.0. The molecule has 0 aromatic heterocycles. The lowest BCUT2D eigenvalue weighted by Crippen LogP contribution is -2.32. The Morgan fingerprint density at radius 2 is 1.77 bits per heavy atom. The highest BCUT2D eigenvalue weighted by Crippen LogP contribution is 2.55. The summed E-state index contributed by atoms with van der Waals surface area (Å²) in [6, 6.07) is 17.9. The van der Waals surface area contributed by atoms with Gasteiger partial charge in [0.15, 0.2) is 17.6 Å². The number of rotatable bonds is 2. The van der Waals surface area contributed by atoms with Crippen molar-refractivity contribution in [1.82, 2.24) is 0 Å². The minimum Gasteiger partial charge on any atom is -0.504 e. The molecule has 2 aliphatic heterocycles. The third-order valence-electron chi connectivity index (χ3n) is 5.86. The molecule has 1 atom stereocenters. The molecule has 0 fully saturated rings.